The molecule has 152 valence electrons. The zero-order chi connectivity index (χ0) is 20.8. The Labute approximate surface area is 176 Å². The van der Waals surface area contributed by atoms with E-state index in [2.05, 4.69) is 15.4 Å². The number of halogens is 2. The first-order valence-electron chi connectivity index (χ1n) is 9.59. The quantitative estimate of drug-likeness (QED) is 0.644. The monoisotopic (exact) mass is 425 g/mol. The van der Waals surface area contributed by atoms with Crippen LogP contribution in [0.5, 0.6) is 0 Å². The van der Waals surface area contributed by atoms with E-state index < -0.39 is 0 Å². The summed E-state index contributed by atoms with van der Waals surface area (Å²) < 4.78 is 15.1. The summed E-state index contributed by atoms with van der Waals surface area (Å²) in [6.07, 6.45) is 0.931. The number of carbonyl (C=O) groups excluding carboxylic acids is 2. The Balaban J connectivity index is 1.57. The zero-order valence-corrected chi connectivity index (χ0v) is 16.5. The van der Waals surface area contributed by atoms with Crippen molar-refractivity contribution in [3.8, 4) is 0 Å². The summed E-state index contributed by atoms with van der Waals surface area (Å²) in [6, 6.07) is 13.4. The molecule has 2 amide bonds. The number of amides is 2. The average molecular weight is 426 g/mol. The first kappa shape index (κ1) is 18.7. The van der Waals surface area contributed by atoms with Crippen LogP contribution in [-0.2, 0) is 9.59 Å². The molecule has 0 saturated carbocycles. The Hall–Kier alpha value is -3.26. The average Bonchev–Trinajstić information content (AvgIpc) is 3.30. The molecule has 0 aliphatic carbocycles. The van der Waals surface area contributed by atoms with E-state index in [9.17, 15) is 14.0 Å². The highest BCUT2D eigenvalue weighted by molar-refractivity contribution is 6.30. The van der Waals surface area contributed by atoms with Crippen LogP contribution in [0.2, 0.25) is 5.02 Å². The number of hydrogen-bond acceptors (Lipinski definition) is 5. The van der Waals surface area contributed by atoms with Gasteiger partial charge in [0.15, 0.2) is 0 Å². The molecule has 3 heterocycles. The van der Waals surface area contributed by atoms with E-state index in [0.29, 0.717) is 17.4 Å². The summed E-state index contributed by atoms with van der Waals surface area (Å²) in [7, 11) is 0. The Morgan fingerprint density at radius 2 is 1.60 bits per heavy atom. The standard InChI is InChI=1S/C21H17ClFN5O2/c22-14-5-1-12(2-6-14)16-11-17(13-3-7-15(23)8-4-13)28-20(24-16)25-21(26-28)27-18(29)9-10-19(27)30/h1-8,16-17H,9-11H2,(H,24,25,26)/t16-,17+/m0/s1. The van der Waals surface area contributed by atoms with Gasteiger partial charge in [0.05, 0.1) is 12.1 Å². The molecule has 1 aromatic heterocycles. The predicted octanol–water partition coefficient (Wildman–Crippen LogP) is 3.87. The summed E-state index contributed by atoms with van der Waals surface area (Å²) >= 11 is 6.02. The van der Waals surface area contributed by atoms with E-state index in [-0.39, 0.29) is 48.5 Å². The van der Waals surface area contributed by atoms with Gasteiger partial charge in [-0.25, -0.2) is 14.0 Å². The molecule has 1 N–H and O–H groups in total. The topological polar surface area (TPSA) is 80.1 Å². The van der Waals surface area contributed by atoms with Crippen LogP contribution in [0.3, 0.4) is 0 Å². The number of fused-ring (bicyclic) bond motifs is 1. The van der Waals surface area contributed by atoms with Crippen molar-refractivity contribution < 1.29 is 14.0 Å². The van der Waals surface area contributed by atoms with Gasteiger partial charge in [0.25, 0.3) is 5.95 Å². The second kappa shape index (κ2) is 7.21. The Bertz CT molecular complexity index is 1110. The normalized spacial score (nSPS) is 20.9. The summed E-state index contributed by atoms with van der Waals surface area (Å²) in [4.78, 5) is 29.8. The van der Waals surface area contributed by atoms with Crippen LogP contribution in [0.25, 0.3) is 0 Å². The number of rotatable bonds is 3. The lowest BCUT2D eigenvalue weighted by atomic mass is 9.93. The van der Waals surface area contributed by atoms with Crippen LogP contribution in [0.1, 0.15) is 42.5 Å². The number of nitrogens with one attached hydrogen (secondary N) is 1. The maximum absolute atomic E-state index is 13.5. The molecule has 5 rings (SSSR count). The van der Waals surface area contributed by atoms with Crippen molar-refractivity contribution >= 4 is 35.3 Å². The molecule has 1 saturated heterocycles. The molecular weight excluding hydrogens is 409 g/mol. The summed E-state index contributed by atoms with van der Waals surface area (Å²) in [5, 5.41) is 8.45. The highest BCUT2D eigenvalue weighted by Crippen LogP contribution is 2.39. The van der Waals surface area contributed by atoms with Crippen LogP contribution in [0.4, 0.5) is 16.3 Å². The van der Waals surface area contributed by atoms with Crippen molar-refractivity contribution in [2.45, 2.75) is 31.3 Å². The lowest BCUT2D eigenvalue weighted by molar-refractivity contribution is -0.121. The highest BCUT2D eigenvalue weighted by atomic mass is 35.5. The molecular formula is C21H17ClFN5O2. The van der Waals surface area contributed by atoms with Crippen molar-refractivity contribution in [2.24, 2.45) is 0 Å². The molecule has 0 unspecified atom stereocenters. The first-order chi connectivity index (χ1) is 14.5. The van der Waals surface area contributed by atoms with Crippen LogP contribution in [-0.4, -0.2) is 26.6 Å². The number of nitrogens with zero attached hydrogens (tertiary/aromatic N) is 4. The smallest absolute Gasteiger partial charge is 0.260 e. The fourth-order valence-corrected chi connectivity index (χ4v) is 4.06. The molecule has 7 nitrogen and oxygen atoms in total. The maximum atomic E-state index is 13.5. The number of benzene rings is 2. The Morgan fingerprint density at radius 3 is 2.27 bits per heavy atom. The van der Waals surface area contributed by atoms with Gasteiger partial charge in [0.1, 0.15) is 5.82 Å². The fourth-order valence-electron chi connectivity index (χ4n) is 3.94. The second-order valence-electron chi connectivity index (χ2n) is 7.35. The Kier molecular flexibility index (Phi) is 4.51. The van der Waals surface area contributed by atoms with Crippen molar-refractivity contribution in [1.82, 2.24) is 14.8 Å². The van der Waals surface area contributed by atoms with E-state index in [1.165, 1.54) is 12.1 Å². The van der Waals surface area contributed by atoms with Crippen molar-refractivity contribution in [3.63, 3.8) is 0 Å². The van der Waals surface area contributed by atoms with Gasteiger partial charge >= 0.3 is 0 Å². The van der Waals surface area contributed by atoms with E-state index in [4.69, 9.17) is 11.6 Å². The molecule has 0 bridgehead atoms. The third kappa shape index (κ3) is 3.23. The minimum absolute atomic E-state index is 0.0638. The highest BCUT2D eigenvalue weighted by Gasteiger charge is 2.37. The SMILES string of the molecule is O=C1CCC(=O)N1c1nc2n(n1)[C@@H](c1ccc(F)cc1)C[C@@H](c1ccc(Cl)cc1)N2. The molecule has 1 fully saturated rings. The molecule has 30 heavy (non-hydrogen) atoms. The van der Waals surface area contributed by atoms with E-state index in [0.717, 1.165) is 16.0 Å². The lowest BCUT2D eigenvalue weighted by Crippen LogP contribution is -2.30. The fraction of sp³-hybridized carbons (Fsp3) is 0.238. The molecule has 2 atom stereocenters. The minimum Gasteiger partial charge on any atom is -0.347 e. The predicted molar refractivity (Wildman–Crippen MR) is 109 cm³/mol. The first-order valence-corrected chi connectivity index (χ1v) is 9.97. The van der Waals surface area contributed by atoms with Gasteiger partial charge in [0, 0.05) is 17.9 Å². The van der Waals surface area contributed by atoms with Gasteiger partial charge < -0.3 is 5.32 Å². The summed E-state index contributed by atoms with van der Waals surface area (Å²) in [5.74, 6) is -0.437. The molecule has 3 aromatic rings. The van der Waals surface area contributed by atoms with Crippen molar-refractivity contribution in [2.75, 3.05) is 10.2 Å². The number of anilines is 2. The number of hydrogen-bond donors (Lipinski definition) is 1. The lowest BCUT2D eigenvalue weighted by Gasteiger charge is -2.31. The molecule has 2 aliphatic rings. The van der Waals surface area contributed by atoms with Crippen molar-refractivity contribution in [1.29, 1.82) is 0 Å². The van der Waals surface area contributed by atoms with Crippen LogP contribution >= 0.6 is 11.6 Å². The van der Waals surface area contributed by atoms with Crippen LogP contribution in [0.15, 0.2) is 48.5 Å². The molecule has 2 aromatic carbocycles. The van der Waals surface area contributed by atoms with Gasteiger partial charge in [-0.1, -0.05) is 35.9 Å². The second-order valence-corrected chi connectivity index (χ2v) is 7.79. The molecule has 2 aliphatic heterocycles. The van der Waals surface area contributed by atoms with Crippen LogP contribution in [0, 0.1) is 5.82 Å². The number of aromatic nitrogens is 3. The third-order valence-corrected chi connectivity index (χ3v) is 5.71. The van der Waals surface area contributed by atoms with Gasteiger partial charge in [0.2, 0.25) is 17.8 Å². The maximum Gasteiger partial charge on any atom is 0.260 e. The van der Waals surface area contributed by atoms with Gasteiger partial charge in [-0.05, 0) is 41.8 Å². The molecule has 0 radical (unpaired) electrons. The van der Waals surface area contributed by atoms with E-state index in [1.54, 1.807) is 16.8 Å². The third-order valence-electron chi connectivity index (χ3n) is 5.46. The number of carbonyl (C=O) groups is 2. The largest absolute Gasteiger partial charge is 0.347 e. The minimum atomic E-state index is -0.324. The van der Waals surface area contributed by atoms with Gasteiger partial charge in [-0.3, -0.25) is 9.59 Å². The molecule has 9 heteroatoms. The van der Waals surface area contributed by atoms with E-state index >= 15 is 0 Å². The van der Waals surface area contributed by atoms with Crippen molar-refractivity contribution in [3.05, 3.63) is 70.5 Å². The van der Waals surface area contributed by atoms with E-state index in [1.807, 2.05) is 24.3 Å². The number of imide groups is 1. The molecule has 0 spiro atoms. The zero-order valence-electron chi connectivity index (χ0n) is 15.8. The van der Waals surface area contributed by atoms with Crippen LogP contribution < -0.4 is 10.2 Å². The summed E-state index contributed by atoms with van der Waals surface area (Å²) in [5.41, 5.74) is 1.87. The van der Waals surface area contributed by atoms with Gasteiger partial charge in [-0.2, -0.15) is 4.98 Å². The van der Waals surface area contributed by atoms with Gasteiger partial charge in [-0.15, -0.1) is 5.10 Å². The Morgan fingerprint density at radius 1 is 0.967 bits per heavy atom. The summed E-state index contributed by atoms with van der Waals surface area (Å²) in [6.45, 7) is 0.